The Kier molecular flexibility index (Phi) is 4.35. The third-order valence-electron chi connectivity index (χ3n) is 3.20. The molecule has 0 heterocycles. The smallest absolute Gasteiger partial charge is 0.146 e. The van der Waals surface area contributed by atoms with Crippen molar-refractivity contribution in [1.29, 1.82) is 0 Å². The van der Waals surface area contributed by atoms with Crippen molar-refractivity contribution < 1.29 is 8.78 Å². The zero-order valence-corrected chi connectivity index (χ0v) is 11.6. The highest BCUT2D eigenvalue weighted by molar-refractivity contribution is 5.55. The summed E-state index contributed by atoms with van der Waals surface area (Å²) in [7, 11) is 1.77. The van der Waals surface area contributed by atoms with E-state index in [1.54, 1.807) is 24.1 Å². The quantitative estimate of drug-likeness (QED) is 0.924. The fraction of sp³-hybridized carbons (Fsp3) is 0.250. The lowest BCUT2D eigenvalue weighted by atomic mass is 10.0. The van der Waals surface area contributed by atoms with E-state index in [0.717, 1.165) is 11.1 Å². The van der Waals surface area contributed by atoms with E-state index >= 15 is 0 Å². The van der Waals surface area contributed by atoms with Crippen molar-refractivity contribution >= 4 is 5.69 Å². The first-order valence-corrected chi connectivity index (χ1v) is 6.48. The maximum atomic E-state index is 14.1. The summed E-state index contributed by atoms with van der Waals surface area (Å²) in [4.78, 5) is 1.75. The Bertz CT molecular complexity index is 597. The number of para-hydroxylation sites is 1. The molecular formula is C16H18F2N2. The molecule has 0 aliphatic rings. The Morgan fingerprint density at radius 2 is 1.85 bits per heavy atom. The standard InChI is InChI=1S/C16H18F2N2/c1-11(19)14-7-4-8-15(18)16(14)20(2)10-12-5-3-6-13(17)9-12/h3-9,11H,10,19H2,1-2H3. The molecule has 20 heavy (non-hydrogen) atoms. The zero-order chi connectivity index (χ0) is 14.7. The van der Waals surface area contributed by atoms with Gasteiger partial charge in [0.15, 0.2) is 0 Å². The Morgan fingerprint density at radius 3 is 2.50 bits per heavy atom. The molecule has 1 atom stereocenters. The van der Waals surface area contributed by atoms with Gasteiger partial charge in [0, 0.05) is 19.6 Å². The van der Waals surface area contributed by atoms with Gasteiger partial charge in [-0.2, -0.15) is 0 Å². The fourth-order valence-corrected chi connectivity index (χ4v) is 2.29. The molecule has 106 valence electrons. The van der Waals surface area contributed by atoms with E-state index in [1.165, 1.54) is 18.2 Å². The van der Waals surface area contributed by atoms with Crippen LogP contribution in [0.4, 0.5) is 14.5 Å². The average Bonchev–Trinajstić information content (AvgIpc) is 2.38. The monoisotopic (exact) mass is 276 g/mol. The van der Waals surface area contributed by atoms with E-state index in [-0.39, 0.29) is 17.7 Å². The molecule has 0 bridgehead atoms. The van der Waals surface area contributed by atoms with Crippen LogP contribution in [0.1, 0.15) is 24.1 Å². The van der Waals surface area contributed by atoms with Crippen LogP contribution in [-0.2, 0) is 6.54 Å². The van der Waals surface area contributed by atoms with Crippen molar-refractivity contribution in [2.75, 3.05) is 11.9 Å². The van der Waals surface area contributed by atoms with Crippen LogP contribution in [0, 0.1) is 11.6 Å². The first-order chi connectivity index (χ1) is 9.49. The molecule has 0 amide bonds. The second kappa shape index (κ2) is 6.01. The third-order valence-corrected chi connectivity index (χ3v) is 3.20. The molecule has 0 aliphatic heterocycles. The molecule has 2 N–H and O–H groups in total. The van der Waals surface area contributed by atoms with Crippen molar-refractivity contribution in [3.63, 3.8) is 0 Å². The topological polar surface area (TPSA) is 29.3 Å². The van der Waals surface area contributed by atoms with Crippen LogP contribution in [0.3, 0.4) is 0 Å². The van der Waals surface area contributed by atoms with E-state index in [1.807, 2.05) is 19.1 Å². The number of nitrogens with zero attached hydrogens (tertiary/aromatic N) is 1. The maximum Gasteiger partial charge on any atom is 0.146 e. The number of hydrogen-bond donors (Lipinski definition) is 1. The molecule has 0 fully saturated rings. The van der Waals surface area contributed by atoms with Gasteiger partial charge < -0.3 is 10.6 Å². The van der Waals surface area contributed by atoms with Crippen molar-refractivity contribution in [3.05, 3.63) is 65.2 Å². The summed E-state index contributed by atoms with van der Waals surface area (Å²) in [6.07, 6.45) is 0. The summed E-state index contributed by atoms with van der Waals surface area (Å²) >= 11 is 0. The SMILES string of the molecule is CC(N)c1cccc(F)c1N(C)Cc1cccc(F)c1. The minimum Gasteiger partial charge on any atom is -0.368 e. The minimum absolute atomic E-state index is 0.268. The van der Waals surface area contributed by atoms with Crippen LogP contribution in [-0.4, -0.2) is 7.05 Å². The van der Waals surface area contributed by atoms with Crippen LogP contribution < -0.4 is 10.6 Å². The van der Waals surface area contributed by atoms with Gasteiger partial charge in [-0.25, -0.2) is 8.78 Å². The Morgan fingerprint density at radius 1 is 1.15 bits per heavy atom. The van der Waals surface area contributed by atoms with E-state index in [4.69, 9.17) is 5.73 Å². The van der Waals surface area contributed by atoms with Gasteiger partial charge in [0.2, 0.25) is 0 Å². The molecule has 2 aromatic rings. The van der Waals surface area contributed by atoms with E-state index in [9.17, 15) is 8.78 Å². The Balaban J connectivity index is 2.31. The molecule has 0 saturated heterocycles. The highest BCUT2D eigenvalue weighted by Gasteiger charge is 2.15. The molecule has 0 saturated carbocycles. The average molecular weight is 276 g/mol. The number of rotatable bonds is 4. The van der Waals surface area contributed by atoms with E-state index < -0.39 is 0 Å². The molecule has 0 spiro atoms. The lowest BCUT2D eigenvalue weighted by Gasteiger charge is -2.24. The zero-order valence-electron chi connectivity index (χ0n) is 11.6. The van der Waals surface area contributed by atoms with Crippen molar-refractivity contribution in [2.45, 2.75) is 19.5 Å². The normalized spacial score (nSPS) is 12.2. The van der Waals surface area contributed by atoms with E-state index in [2.05, 4.69) is 0 Å². The van der Waals surface area contributed by atoms with Gasteiger partial charge in [-0.3, -0.25) is 0 Å². The lowest BCUT2D eigenvalue weighted by Crippen LogP contribution is -2.21. The molecule has 2 nitrogen and oxygen atoms in total. The minimum atomic E-state index is -0.321. The second-order valence-electron chi connectivity index (χ2n) is 4.95. The first-order valence-electron chi connectivity index (χ1n) is 6.48. The molecule has 0 aromatic heterocycles. The highest BCUT2D eigenvalue weighted by atomic mass is 19.1. The van der Waals surface area contributed by atoms with Crippen molar-refractivity contribution in [3.8, 4) is 0 Å². The predicted octanol–water partition coefficient (Wildman–Crippen LogP) is 3.62. The molecule has 1 unspecified atom stereocenters. The number of benzene rings is 2. The van der Waals surface area contributed by atoms with Gasteiger partial charge in [-0.05, 0) is 36.2 Å². The first kappa shape index (κ1) is 14.5. The maximum absolute atomic E-state index is 14.1. The van der Waals surface area contributed by atoms with Gasteiger partial charge in [-0.1, -0.05) is 24.3 Å². The highest BCUT2D eigenvalue weighted by Crippen LogP contribution is 2.28. The van der Waals surface area contributed by atoms with Gasteiger partial charge in [0.25, 0.3) is 0 Å². The Hall–Kier alpha value is -1.94. The summed E-state index contributed by atoms with van der Waals surface area (Å²) in [6, 6.07) is 10.9. The van der Waals surface area contributed by atoms with Gasteiger partial charge in [0.1, 0.15) is 11.6 Å². The summed E-state index contributed by atoms with van der Waals surface area (Å²) in [5, 5.41) is 0. The second-order valence-corrected chi connectivity index (χ2v) is 4.95. The number of halogens is 2. The molecule has 0 aliphatic carbocycles. The molecule has 2 aromatic carbocycles. The van der Waals surface area contributed by atoms with Crippen molar-refractivity contribution in [2.24, 2.45) is 5.73 Å². The Labute approximate surface area is 117 Å². The molecule has 2 rings (SSSR count). The van der Waals surface area contributed by atoms with Gasteiger partial charge in [-0.15, -0.1) is 0 Å². The summed E-state index contributed by atoms with van der Waals surface area (Å²) in [5.41, 5.74) is 7.87. The number of anilines is 1. The molecular weight excluding hydrogens is 258 g/mol. The van der Waals surface area contributed by atoms with Crippen LogP contribution >= 0.6 is 0 Å². The molecule has 0 radical (unpaired) electrons. The number of hydrogen-bond acceptors (Lipinski definition) is 2. The van der Waals surface area contributed by atoms with Crippen LogP contribution in [0.5, 0.6) is 0 Å². The third kappa shape index (κ3) is 3.14. The fourth-order valence-electron chi connectivity index (χ4n) is 2.29. The van der Waals surface area contributed by atoms with Crippen molar-refractivity contribution in [1.82, 2.24) is 0 Å². The summed E-state index contributed by atoms with van der Waals surface area (Å²) < 4.78 is 27.3. The summed E-state index contributed by atoms with van der Waals surface area (Å²) in [6.45, 7) is 2.23. The van der Waals surface area contributed by atoms with Gasteiger partial charge in [0.05, 0.1) is 5.69 Å². The molecule has 4 heteroatoms. The number of nitrogens with two attached hydrogens (primary N) is 1. The van der Waals surface area contributed by atoms with E-state index in [0.29, 0.717) is 12.2 Å². The lowest BCUT2D eigenvalue weighted by molar-refractivity contribution is 0.614. The predicted molar refractivity (Wildman–Crippen MR) is 77.5 cm³/mol. The van der Waals surface area contributed by atoms with Crippen LogP contribution in [0.2, 0.25) is 0 Å². The van der Waals surface area contributed by atoms with Gasteiger partial charge >= 0.3 is 0 Å². The largest absolute Gasteiger partial charge is 0.368 e. The van der Waals surface area contributed by atoms with Crippen LogP contribution in [0.15, 0.2) is 42.5 Å². The summed E-state index contributed by atoms with van der Waals surface area (Å²) in [5.74, 6) is -0.615. The van der Waals surface area contributed by atoms with Crippen LogP contribution in [0.25, 0.3) is 0 Å².